The van der Waals surface area contributed by atoms with E-state index >= 15 is 0 Å². The maximum Gasteiger partial charge on any atom is 0.293 e. The smallest absolute Gasteiger partial charge is 0.293 e. The molecule has 11 heteroatoms. The Labute approximate surface area is 207 Å². The second-order valence-corrected chi connectivity index (χ2v) is 9.13. The van der Waals surface area contributed by atoms with Gasteiger partial charge in [-0.2, -0.15) is 0 Å². The molecule has 0 spiro atoms. The molecule has 1 fully saturated rings. The third kappa shape index (κ3) is 5.55. The number of nitrogens with zero attached hydrogens (tertiary/aromatic N) is 4. The summed E-state index contributed by atoms with van der Waals surface area (Å²) in [6.45, 7) is 3.18. The van der Waals surface area contributed by atoms with Crippen LogP contribution in [0.2, 0.25) is 5.02 Å². The van der Waals surface area contributed by atoms with Crippen molar-refractivity contribution >= 4 is 34.4 Å². The highest BCUT2D eigenvalue weighted by Gasteiger charge is 2.25. The number of rotatable bonds is 7. The van der Waals surface area contributed by atoms with Gasteiger partial charge in [0.2, 0.25) is 5.95 Å². The molecule has 0 saturated carbocycles. The average molecular weight is 501 g/mol. The van der Waals surface area contributed by atoms with Crippen LogP contribution in [0.25, 0.3) is 10.9 Å². The van der Waals surface area contributed by atoms with Crippen LogP contribution in [0.3, 0.4) is 0 Å². The summed E-state index contributed by atoms with van der Waals surface area (Å²) >= 11 is 6.44. The Kier molecular flexibility index (Phi) is 7.54. The number of halogens is 1. The van der Waals surface area contributed by atoms with Gasteiger partial charge in [0, 0.05) is 51.1 Å². The Hall–Kier alpha value is -3.21. The normalized spacial score (nSPS) is 18.0. The topological polar surface area (TPSA) is 122 Å². The Bertz CT molecular complexity index is 1300. The predicted molar refractivity (Wildman–Crippen MR) is 134 cm³/mol. The number of aliphatic hydroxyl groups is 1. The number of fused-ring (bicyclic) bond motifs is 1. The molecule has 1 amide bonds. The van der Waals surface area contributed by atoms with E-state index in [1.165, 1.54) is 11.6 Å². The molecular weight excluding hydrogens is 472 g/mol. The van der Waals surface area contributed by atoms with E-state index in [1.807, 2.05) is 23.1 Å². The molecule has 3 heterocycles. The molecule has 2 atom stereocenters. The van der Waals surface area contributed by atoms with Gasteiger partial charge in [0.1, 0.15) is 0 Å². The molecule has 0 unspecified atom stereocenters. The summed E-state index contributed by atoms with van der Waals surface area (Å²) < 4.78 is 6.95. The second kappa shape index (κ2) is 10.6. The van der Waals surface area contributed by atoms with Crippen LogP contribution in [-0.4, -0.2) is 71.0 Å². The summed E-state index contributed by atoms with van der Waals surface area (Å²) in [5.41, 5.74) is 2.06. The molecule has 0 radical (unpaired) electrons. The van der Waals surface area contributed by atoms with Crippen molar-refractivity contribution in [1.82, 2.24) is 25.2 Å². The minimum atomic E-state index is -0.320. The number of aliphatic hydroxyl groups excluding tert-OH is 1. The number of hydrogen-bond donors (Lipinski definition) is 3. The molecule has 1 aliphatic heterocycles. The van der Waals surface area contributed by atoms with Gasteiger partial charge >= 0.3 is 0 Å². The lowest BCUT2D eigenvalue weighted by atomic mass is 10.1. The Morgan fingerprint density at radius 3 is 2.89 bits per heavy atom. The lowest BCUT2D eigenvalue weighted by Crippen LogP contribution is -2.57. The zero-order chi connectivity index (χ0) is 25.1. The highest BCUT2D eigenvalue weighted by Crippen LogP contribution is 2.24. The van der Waals surface area contributed by atoms with E-state index in [-0.39, 0.29) is 42.5 Å². The van der Waals surface area contributed by atoms with Crippen LogP contribution in [0.1, 0.15) is 18.2 Å². The zero-order valence-corrected chi connectivity index (χ0v) is 20.7. The van der Waals surface area contributed by atoms with Crippen molar-refractivity contribution in [2.45, 2.75) is 25.4 Å². The molecule has 0 aliphatic carbocycles. The maximum atomic E-state index is 12.6. The highest BCUT2D eigenvalue weighted by molar-refractivity contribution is 6.31. The van der Waals surface area contributed by atoms with Crippen molar-refractivity contribution in [3.63, 3.8) is 0 Å². The molecule has 3 N–H and O–H groups in total. The fourth-order valence-electron chi connectivity index (χ4n) is 4.25. The van der Waals surface area contributed by atoms with Gasteiger partial charge in [-0.1, -0.05) is 17.7 Å². The molecule has 4 rings (SSSR count). The Morgan fingerprint density at radius 2 is 2.14 bits per heavy atom. The van der Waals surface area contributed by atoms with E-state index in [0.717, 1.165) is 23.0 Å². The SMILES string of the molecule is CNC(=O)COc1cc2cc(Cc3nc(N4C[C@@H](CO)N[C@@H](C)C4)ncc3Cl)ccc2n(C)c1=O. The number of piperazine rings is 1. The van der Waals surface area contributed by atoms with E-state index in [4.69, 9.17) is 21.3 Å². The first-order chi connectivity index (χ1) is 16.8. The first kappa shape index (κ1) is 24.9. The predicted octanol–water partition coefficient (Wildman–Crippen LogP) is 0.857. The average Bonchev–Trinajstić information content (AvgIpc) is 2.85. The minimum Gasteiger partial charge on any atom is -0.478 e. The molecule has 10 nitrogen and oxygen atoms in total. The molecule has 2 aromatic heterocycles. The van der Waals surface area contributed by atoms with Crippen LogP contribution in [0.4, 0.5) is 5.95 Å². The van der Waals surface area contributed by atoms with Crippen molar-refractivity contribution < 1.29 is 14.6 Å². The number of aromatic nitrogens is 3. The fourth-order valence-corrected chi connectivity index (χ4v) is 4.40. The zero-order valence-electron chi connectivity index (χ0n) is 19.9. The second-order valence-electron chi connectivity index (χ2n) is 8.72. The molecular formula is C24H29ClN6O4. The van der Waals surface area contributed by atoms with Crippen molar-refractivity contribution in [2.24, 2.45) is 7.05 Å². The largest absolute Gasteiger partial charge is 0.478 e. The van der Waals surface area contributed by atoms with Crippen molar-refractivity contribution in [1.29, 1.82) is 0 Å². The highest BCUT2D eigenvalue weighted by atomic mass is 35.5. The summed E-state index contributed by atoms with van der Waals surface area (Å²) in [6, 6.07) is 7.54. The van der Waals surface area contributed by atoms with Gasteiger partial charge in [-0.25, -0.2) is 9.97 Å². The third-order valence-corrected chi connectivity index (χ3v) is 6.34. The van der Waals surface area contributed by atoms with Gasteiger partial charge in [0.05, 0.1) is 29.0 Å². The first-order valence-corrected chi connectivity index (χ1v) is 11.8. The van der Waals surface area contributed by atoms with E-state index in [0.29, 0.717) is 29.6 Å². The summed E-state index contributed by atoms with van der Waals surface area (Å²) in [5.74, 6) is 0.359. The van der Waals surface area contributed by atoms with Gasteiger partial charge in [-0.3, -0.25) is 9.59 Å². The third-order valence-electron chi connectivity index (χ3n) is 6.03. The lowest BCUT2D eigenvalue weighted by Gasteiger charge is -2.37. The number of amides is 1. The van der Waals surface area contributed by atoms with E-state index < -0.39 is 0 Å². The lowest BCUT2D eigenvalue weighted by molar-refractivity contribution is -0.122. The number of likely N-dealkylation sites (N-methyl/N-ethyl adjacent to an activating group) is 1. The van der Waals surface area contributed by atoms with E-state index in [9.17, 15) is 14.7 Å². The number of benzene rings is 1. The van der Waals surface area contributed by atoms with Crippen LogP contribution in [0.5, 0.6) is 5.75 Å². The first-order valence-electron chi connectivity index (χ1n) is 11.4. The van der Waals surface area contributed by atoms with Crippen LogP contribution in [-0.2, 0) is 18.3 Å². The maximum absolute atomic E-state index is 12.6. The van der Waals surface area contributed by atoms with Gasteiger partial charge in [0.25, 0.3) is 11.5 Å². The van der Waals surface area contributed by atoms with Crippen LogP contribution in [0.15, 0.2) is 35.3 Å². The molecule has 1 saturated heterocycles. The van der Waals surface area contributed by atoms with Crippen molar-refractivity contribution in [2.75, 3.05) is 38.3 Å². The molecule has 1 aliphatic rings. The van der Waals surface area contributed by atoms with E-state index in [1.54, 1.807) is 19.3 Å². The van der Waals surface area contributed by atoms with E-state index in [2.05, 4.69) is 22.5 Å². The summed E-state index contributed by atoms with van der Waals surface area (Å²) in [5, 5.41) is 16.7. The molecule has 1 aromatic carbocycles. The molecule has 35 heavy (non-hydrogen) atoms. The number of anilines is 1. The summed E-state index contributed by atoms with van der Waals surface area (Å²) in [7, 11) is 3.17. The molecule has 0 bridgehead atoms. The quantitative estimate of drug-likeness (QED) is 0.436. The number of hydrogen-bond acceptors (Lipinski definition) is 8. The van der Waals surface area contributed by atoms with Gasteiger partial charge in [0.15, 0.2) is 12.4 Å². The number of ether oxygens (including phenoxy) is 1. The van der Waals surface area contributed by atoms with Gasteiger partial charge in [-0.15, -0.1) is 0 Å². The van der Waals surface area contributed by atoms with Crippen molar-refractivity contribution in [3.8, 4) is 5.75 Å². The standard InChI is InChI=1S/C24H29ClN6O4/c1-14-10-31(11-17(12-32)28-14)24-27-9-18(25)19(29-24)7-15-4-5-20-16(6-15)8-21(23(34)30(20)3)35-13-22(33)26-2/h4-6,8-9,14,17,28,32H,7,10-13H2,1-3H3,(H,26,33)/t14-,17-/m0/s1. The van der Waals surface area contributed by atoms with Crippen molar-refractivity contribution in [3.05, 3.63) is 57.1 Å². The van der Waals surface area contributed by atoms with Gasteiger partial charge < -0.3 is 29.9 Å². The number of carbonyl (C=O) groups is 1. The monoisotopic (exact) mass is 500 g/mol. The van der Waals surface area contributed by atoms with Gasteiger partial charge in [-0.05, 0) is 30.7 Å². The number of aryl methyl sites for hydroxylation is 1. The number of pyridine rings is 1. The Morgan fingerprint density at radius 1 is 1.34 bits per heavy atom. The molecule has 3 aromatic rings. The van der Waals surface area contributed by atoms with Crippen LogP contribution >= 0.6 is 11.6 Å². The molecule has 186 valence electrons. The number of carbonyl (C=O) groups excluding carboxylic acids is 1. The number of nitrogens with one attached hydrogen (secondary N) is 2. The Balaban J connectivity index is 1.61. The minimum absolute atomic E-state index is 0.0374. The van der Waals surface area contributed by atoms with Crippen LogP contribution < -0.4 is 25.8 Å². The summed E-state index contributed by atoms with van der Waals surface area (Å²) in [4.78, 5) is 35.3. The fraction of sp³-hybridized carbons (Fsp3) is 0.417. The van der Waals surface area contributed by atoms with Crippen LogP contribution in [0, 0.1) is 0 Å². The summed E-state index contributed by atoms with van der Waals surface area (Å²) in [6.07, 6.45) is 2.07.